The number of anilines is 2. The summed E-state index contributed by atoms with van der Waals surface area (Å²) in [6, 6.07) is 13.2. The summed E-state index contributed by atoms with van der Waals surface area (Å²) in [5.41, 5.74) is 3.84. The Morgan fingerprint density at radius 1 is 1.07 bits per heavy atom. The summed E-state index contributed by atoms with van der Waals surface area (Å²) in [6.45, 7) is 2.06. The van der Waals surface area contributed by atoms with Crippen molar-refractivity contribution in [2.24, 2.45) is 0 Å². The summed E-state index contributed by atoms with van der Waals surface area (Å²) >= 11 is 0. The number of carbonyl (C=O) groups is 1. The molecule has 1 saturated heterocycles. The van der Waals surface area contributed by atoms with Crippen LogP contribution in [0.25, 0.3) is 22.4 Å². The number of carbonyl (C=O) groups excluding carboxylic acids is 1. The fraction of sp³-hybridized carbons (Fsp3) is 0.182. The first-order valence-corrected chi connectivity index (χ1v) is 9.69. The quantitative estimate of drug-likeness (QED) is 0.558. The SMILES string of the molecule is O=C(Nc1ccc2nc(-c3cccnc3)[nH]c2c1)c1ccc(N2CCCC2)nc1. The van der Waals surface area contributed by atoms with Crippen LogP contribution in [0.2, 0.25) is 0 Å². The molecule has 1 aliphatic heterocycles. The number of pyridine rings is 2. The third-order valence-corrected chi connectivity index (χ3v) is 5.11. The predicted molar refractivity (Wildman–Crippen MR) is 113 cm³/mol. The highest BCUT2D eigenvalue weighted by molar-refractivity contribution is 6.04. The number of aromatic nitrogens is 4. The maximum atomic E-state index is 12.6. The van der Waals surface area contributed by atoms with E-state index in [0.717, 1.165) is 41.3 Å². The van der Waals surface area contributed by atoms with Gasteiger partial charge in [0, 0.05) is 42.9 Å². The summed E-state index contributed by atoms with van der Waals surface area (Å²) in [7, 11) is 0. The van der Waals surface area contributed by atoms with Crippen molar-refractivity contribution in [1.82, 2.24) is 19.9 Å². The average molecular weight is 384 g/mol. The first-order valence-electron chi connectivity index (χ1n) is 9.69. The van der Waals surface area contributed by atoms with E-state index >= 15 is 0 Å². The predicted octanol–water partition coefficient (Wildman–Crippen LogP) is 3.87. The van der Waals surface area contributed by atoms with Gasteiger partial charge in [-0.05, 0) is 55.3 Å². The Labute approximate surface area is 167 Å². The molecule has 144 valence electrons. The zero-order valence-electron chi connectivity index (χ0n) is 15.8. The van der Waals surface area contributed by atoms with E-state index in [1.54, 1.807) is 18.6 Å². The molecule has 0 spiro atoms. The molecule has 1 aromatic carbocycles. The highest BCUT2D eigenvalue weighted by Crippen LogP contribution is 2.23. The lowest BCUT2D eigenvalue weighted by molar-refractivity contribution is 0.102. The van der Waals surface area contributed by atoms with E-state index in [4.69, 9.17) is 0 Å². The van der Waals surface area contributed by atoms with E-state index in [1.165, 1.54) is 12.8 Å². The number of aromatic amines is 1. The van der Waals surface area contributed by atoms with E-state index in [-0.39, 0.29) is 5.91 Å². The second-order valence-electron chi connectivity index (χ2n) is 7.11. The van der Waals surface area contributed by atoms with Gasteiger partial charge in [0.1, 0.15) is 11.6 Å². The van der Waals surface area contributed by atoms with Crippen LogP contribution in [0.4, 0.5) is 11.5 Å². The smallest absolute Gasteiger partial charge is 0.257 e. The van der Waals surface area contributed by atoms with E-state index in [9.17, 15) is 4.79 Å². The Bertz CT molecular complexity index is 1150. The maximum Gasteiger partial charge on any atom is 0.257 e. The summed E-state index contributed by atoms with van der Waals surface area (Å²) in [4.78, 5) is 31.3. The molecule has 5 rings (SSSR count). The standard InChI is InChI=1S/C22H20N6O/c29-22(16-5-8-20(24-14-16)28-10-1-2-11-28)25-17-6-7-18-19(12-17)27-21(26-18)15-4-3-9-23-13-15/h3-9,12-14H,1-2,10-11H2,(H,25,29)(H,26,27). The minimum Gasteiger partial charge on any atom is -0.357 e. The topological polar surface area (TPSA) is 86.8 Å². The highest BCUT2D eigenvalue weighted by atomic mass is 16.1. The number of hydrogen-bond acceptors (Lipinski definition) is 5. The van der Waals surface area contributed by atoms with E-state index in [2.05, 4.69) is 30.2 Å². The third-order valence-electron chi connectivity index (χ3n) is 5.11. The molecule has 2 N–H and O–H groups in total. The van der Waals surface area contributed by atoms with Crippen LogP contribution < -0.4 is 10.2 Å². The fourth-order valence-electron chi connectivity index (χ4n) is 3.58. The molecule has 0 bridgehead atoms. The zero-order chi connectivity index (χ0) is 19.6. The Kier molecular flexibility index (Phi) is 4.40. The van der Waals surface area contributed by atoms with Crippen molar-refractivity contribution in [2.45, 2.75) is 12.8 Å². The number of nitrogens with one attached hydrogen (secondary N) is 2. The van der Waals surface area contributed by atoms with Crippen molar-refractivity contribution in [3.05, 3.63) is 66.6 Å². The number of nitrogens with zero attached hydrogens (tertiary/aromatic N) is 4. The van der Waals surface area contributed by atoms with Gasteiger partial charge >= 0.3 is 0 Å². The van der Waals surface area contributed by atoms with Crippen molar-refractivity contribution in [3.8, 4) is 11.4 Å². The monoisotopic (exact) mass is 384 g/mol. The lowest BCUT2D eigenvalue weighted by Crippen LogP contribution is -2.19. The molecule has 1 aliphatic rings. The third kappa shape index (κ3) is 3.54. The van der Waals surface area contributed by atoms with Gasteiger partial charge in [-0.3, -0.25) is 9.78 Å². The first kappa shape index (κ1) is 17.4. The minimum absolute atomic E-state index is 0.183. The van der Waals surface area contributed by atoms with Gasteiger partial charge in [-0.2, -0.15) is 0 Å². The van der Waals surface area contributed by atoms with Crippen molar-refractivity contribution < 1.29 is 4.79 Å². The van der Waals surface area contributed by atoms with Gasteiger partial charge in [0.15, 0.2) is 0 Å². The van der Waals surface area contributed by atoms with E-state index < -0.39 is 0 Å². The van der Waals surface area contributed by atoms with Gasteiger partial charge < -0.3 is 15.2 Å². The molecule has 1 fully saturated rings. The van der Waals surface area contributed by atoms with Crippen molar-refractivity contribution >= 4 is 28.4 Å². The van der Waals surface area contributed by atoms with Crippen LogP contribution in [-0.2, 0) is 0 Å². The van der Waals surface area contributed by atoms with Gasteiger partial charge in [0.2, 0.25) is 0 Å². The molecule has 3 aromatic heterocycles. The number of hydrogen-bond donors (Lipinski definition) is 2. The number of fused-ring (bicyclic) bond motifs is 1. The lowest BCUT2D eigenvalue weighted by atomic mass is 10.2. The fourth-order valence-corrected chi connectivity index (χ4v) is 3.58. The molecule has 0 radical (unpaired) electrons. The summed E-state index contributed by atoms with van der Waals surface area (Å²) in [5.74, 6) is 1.50. The number of imidazole rings is 1. The first-order chi connectivity index (χ1) is 14.3. The number of rotatable bonds is 4. The summed E-state index contributed by atoms with van der Waals surface area (Å²) in [6.07, 6.45) is 7.52. The molecule has 0 unspecified atom stereocenters. The highest BCUT2D eigenvalue weighted by Gasteiger charge is 2.14. The van der Waals surface area contributed by atoms with Crippen LogP contribution in [-0.4, -0.2) is 38.9 Å². The number of amides is 1. The van der Waals surface area contributed by atoms with Crippen LogP contribution in [0.15, 0.2) is 61.1 Å². The molecule has 1 amide bonds. The van der Waals surface area contributed by atoms with Gasteiger partial charge in [-0.15, -0.1) is 0 Å². The van der Waals surface area contributed by atoms with Crippen LogP contribution in [0.1, 0.15) is 23.2 Å². The zero-order valence-corrected chi connectivity index (χ0v) is 15.8. The minimum atomic E-state index is -0.183. The Morgan fingerprint density at radius 2 is 1.97 bits per heavy atom. The van der Waals surface area contributed by atoms with Crippen LogP contribution in [0.3, 0.4) is 0 Å². The lowest BCUT2D eigenvalue weighted by Gasteiger charge is -2.16. The molecule has 29 heavy (non-hydrogen) atoms. The Morgan fingerprint density at radius 3 is 2.72 bits per heavy atom. The molecule has 0 saturated carbocycles. The Balaban J connectivity index is 1.33. The maximum absolute atomic E-state index is 12.6. The normalized spacial score (nSPS) is 13.7. The second kappa shape index (κ2) is 7.35. The molecule has 7 heteroatoms. The molecule has 0 atom stereocenters. The van der Waals surface area contributed by atoms with Gasteiger partial charge in [0.25, 0.3) is 5.91 Å². The number of H-pyrrole nitrogens is 1. The summed E-state index contributed by atoms with van der Waals surface area (Å²) in [5, 5.41) is 2.94. The average Bonchev–Trinajstić information content (AvgIpc) is 3.44. The molecule has 7 nitrogen and oxygen atoms in total. The van der Waals surface area contributed by atoms with E-state index in [0.29, 0.717) is 11.3 Å². The van der Waals surface area contributed by atoms with Crippen LogP contribution >= 0.6 is 0 Å². The van der Waals surface area contributed by atoms with Crippen molar-refractivity contribution in [1.29, 1.82) is 0 Å². The van der Waals surface area contributed by atoms with Crippen molar-refractivity contribution in [2.75, 3.05) is 23.3 Å². The largest absolute Gasteiger partial charge is 0.357 e. The Hall–Kier alpha value is -3.74. The van der Waals surface area contributed by atoms with Crippen molar-refractivity contribution in [3.63, 3.8) is 0 Å². The molecular weight excluding hydrogens is 364 g/mol. The van der Waals surface area contributed by atoms with E-state index in [1.807, 2.05) is 42.5 Å². The van der Waals surface area contributed by atoms with Gasteiger partial charge in [-0.25, -0.2) is 9.97 Å². The molecule has 4 aromatic rings. The van der Waals surface area contributed by atoms with Crippen LogP contribution in [0, 0.1) is 0 Å². The summed E-state index contributed by atoms with van der Waals surface area (Å²) < 4.78 is 0. The molecule has 4 heterocycles. The molecule has 0 aliphatic carbocycles. The molecular formula is C22H20N6O. The number of benzene rings is 1. The second-order valence-corrected chi connectivity index (χ2v) is 7.11. The van der Waals surface area contributed by atoms with Gasteiger partial charge in [0.05, 0.1) is 16.6 Å². The van der Waals surface area contributed by atoms with Gasteiger partial charge in [-0.1, -0.05) is 0 Å². The van der Waals surface area contributed by atoms with Crippen LogP contribution in [0.5, 0.6) is 0 Å².